The fraction of sp³-hybridized carbons (Fsp3) is 0.0833. The quantitative estimate of drug-likeness (QED) is 0.232. The van der Waals surface area contributed by atoms with Crippen LogP contribution in [0.25, 0.3) is 22.8 Å². The Hall–Kier alpha value is -3.90. The van der Waals surface area contributed by atoms with E-state index < -0.39 is 23.7 Å². The summed E-state index contributed by atoms with van der Waals surface area (Å²) < 4.78 is 73.2. The third-order valence-corrected chi connectivity index (χ3v) is 4.26. The van der Waals surface area contributed by atoms with Crippen LogP contribution in [0.2, 0.25) is 0 Å². The molecule has 0 atom stereocenters. The van der Waals surface area contributed by atoms with Crippen LogP contribution in [-0.2, 0) is 54.5 Å². The fourth-order valence-corrected chi connectivity index (χ4v) is 2.53. The van der Waals surface area contributed by atoms with Crippen LogP contribution in [0.1, 0.15) is 11.4 Å². The molecule has 0 aliphatic rings. The Labute approximate surface area is 262 Å². The Bertz CT molecular complexity index is 1320. The number of hydrogen-bond donors (Lipinski definition) is 0. The first kappa shape index (κ1) is 36.1. The van der Waals surface area contributed by atoms with Crippen molar-refractivity contribution in [3.63, 3.8) is 0 Å². The number of pyridine rings is 2. The Morgan fingerprint density at radius 3 is 1.14 bits per heavy atom. The molecule has 0 N–H and O–H groups in total. The number of halogens is 6. The SMILES string of the molecule is FC(F)(F)c1cc(-c2ccccn2)[n-]n1.FC(F)(F)c1cc(-c2ccccn2)[n-]n1.[Pt+2].[Pt+2].c1cn[n-]c1.c1cn[n-]c1. The second-order valence-electron chi connectivity index (χ2n) is 7.10. The predicted octanol–water partition coefficient (Wildman–Crippen LogP) is 4.31. The molecule has 6 aromatic heterocycles. The minimum atomic E-state index is -4.46. The van der Waals surface area contributed by atoms with E-state index in [1.807, 2.05) is 0 Å². The molecule has 0 bridgehead atoms. The fourth-order valence-electron chi connectivity index (χ4n) is 2.53. The zero-order chi connectivity index (χ0) is 28.8. The van der Waals surface area contributed by atoms with E-state index in [1.165, 1.54) is 12.4 Å². The van der Waals surface area contributed by atoms with Crippen molar-refractivity contribution in [1.82, 2.24) is 50.8 Å². The maximum absolute atomic E-state index is 12.2. The molecule has 10 nitrogen and oxygen atoms in total. The van der Waals surface area contributed by atoms with Crippen molar-refractivity contribution in [3.8, 4) is 22.8 Å². The molecule has 0 radical (unpaired) electrons. The van der Waals surface area contributed by atoms with Crippen LogP contribution in [0.5, 0.6) is 0 Å². The summed E-state index contributed by atoms with van der Waals surface area (Å²) in [6, 6.07) is 15.1. The molecule has 0 aliphatic carbocycles. The Balaban J connectivity index is 0.000000306. The van der Waals surface area contributed by atoms with Gasteiger partial charge in [-0.2, -0.15) is 38.7 Å². The first-order chi connectivity index (χ1) is 19.1. The van der Waals surface area contributed by atoms with Crippen molar-refractivity contribution in [2.24, 2.45) is 0 Å². The van der Waals surface area contributed by atoms with E-state index >= 15 is 0 Å². The third kappa shape index (κ3) is 12.3. The van der Waals surface area contributed by atoms with E-state index in [4.69, 9.17) is 0 Å². The van der Waals surface area contributed by atoms with Gasteiger partial charge in [-0.05, 0) is 36.4 Å². The van der Waals surface area contributed by atoms with Crippen LogP contribution in [0.15, 0.2) is 97.8 Å². The number of alkyl halides is 6. The first-order valence-electron chi connectivity index (χ1n) is 10.9. The van der Waals surface area contributed by atoms with Crippen molar-refractivity contribution < 1.29 is 68.5 Å². The normalized spacial score (nSPS) is 10.2. The molecule has 42 heavy (non-hydrogen) atoms. The van der Waals surface area contributed by atoms with Crippen LogP contribution < -0.4 is 20.4 Å². The van der Waals surface area contributed by atoms with Gasteiger partial charge in [0.15, 0.2) is 0 Å². The largest absolute Gasteiger partial charge is 2.00 e. The molecule has 0 fully saturated rings. The summed E-state index contributed by atoms with van der Waals surface area (Å²) in [5, 5.41) is 26.8. The summed E-state index contributed by atoms with van der Waals surface area (Å²) in [4.78, 5) is 7.75. The monoisotopic (exact) mass is 948 g/mol. The van der Waals surface area contributed by atoms with Gasteiger partial charge in [0.25, 0.3) is 0 Å². The molecular weight excluding hydrogens is 932 g/mol. The van der Waals surface area contributed by atoms with E-state index in [1.54, 1.807) is 73.3 Å². The van der Waals surface area contributed by atoms with Gasteiger partial charge >= 0.3 is 54.5 Å². The number of hydrogen-bond acceptors (Lipinski definition) is 6. The van der Waals surface area contributed by atoms with Crippen molar-refractivity contribution in [3.05, 3.63) is 109 Å². The molecule has 0 aromatic carbocycles. The maximum atomic E-state index is 12.2. The zero-order valence-electron chi connectivity index (χ0n) is 20.6. The zero-order valence-corrected chi connectivity index (χ0v) is 25.2. The van der Waals surface area contributed by atoms with E-state index in [0.29, 0.717) is 11.4 Å². The van der Waals surface area contributed by atoms with Crippen molar-refractivity contribution in [2.45, 2.75) is 12.4 Å². The molecule has 0 amide bonds. The molecule has 0 aliphatic heterocycles. The number of rotatable bonds is 2. The minimum Gasteiger partial charge on any atom is -0.582 e. The summed E-state index contributed by atoms with van der Waals surface area (Å²) >= 11 is 0. The summed E-state index contributed by atoms with van der Waals surface area (Å²) in [7, 11) is 0. The Morgan fingerprint density at radius 2 is 0.929 bits per heavy atom. The van der Waals surface area contributed by atoms with Gasteiger partial charge in [-0.3, -0.25) is 9.97 Å². The first-order valence-corrected chi connectivity index (χ1v) is 10.9. The summed E-state index contributed by atoms with van der Waals surface area (Å²) in [5.41, 5.74) is -0.988. The average molecular weight is 949 g/mol. The van der Waals surface area contributed by atoms with E-state index in [9.17, 15) is 26.3 Å². The molecule has 224 valence electrons. The predicted molar refractivity (Wildman–Crippen MR) is 127 cm³/mol. The number of nitrogens with zero attached hydrogens (tertiary/aromatic N) is 10. The molecule has 6 heterocycles. The summed E-state index contributed by atoms with van der Waals surface area (Å²) in [6.45, 7) is 0. The van der Waals surface area contributed by atoms with Crippen LogP contribution in [0.3, 0.4) is 0 Å². The van der Waals surface area contributed by atoms with Crippen LogP contribution in [0, 0.1) is 0 Å². The summed E-state index contributed by atoms with van der Waals surface area (Å²) in [5.74, 6) is 0. The standard InChI is InChI=1S/2C9H5F3N3.2C3H3N2.2Pt/c2*10-9(11,12)8-5-7(14-15-8)6-3-1-2-4-13-6;2*1-2-4-5-3-1;;/h2*1-5H;2*1-3H;;/q4*-1;2*+2. The maximum Gasteiger partial charge on any atom is 2.00 e. The number of aromatic nitrogens is 10. The van der Waals surface area contributed by atoms with Gasteiger partial charge in [-0.25, -0.2) is 0 Å². The van der Waals surface area contributed by atoms with Crippen LogP contribution >= 0.6 is 0 Å². The van der Waals surface area contributed by atoms with E-state index in [0.717, 1.165) is 12.1 Å². The van der Waals surface area contributed by atoms with Gasteiger partial charge in [0.05, 0.1) is 0 Å². The molecule has 6 rings (SSSR count). The molecule has 18 heteroatoms. The Morgan fingerprint density at radius 1 is 0.524 bits per heavy atom. The van der Waals surface area contributed by atoms with Gasteiger partial charge in [-0.15, -0.1) is 0 Å². The van der Waals surface area contributed by atoms with Gasteiger partial charge in [-0.1, -0.05) is 35.7 Å². The van der Waals surface area contributed by atoms with Crippen molar-refractivity contribution in [1.29, 1.82) is 0 Å². The van der Waals surface area contributed by atoms with Crippen LogP contribution in [-0.4, -0.2) is 30.4 Å². The van der Waals surface area contributed by atoms with Crippen molar-refractivity contribution in [2.75, 3.05) is 0 Å². The average Bonchev–Trinajstić information content (AvgIpc) is 3.78. The molecule has 0 spiro atoms. The molecule has 0 saturated heterocycles. The smallest absolute Gasteiger partial charge is 0.582 e. The van der Waals surface area contributed by atoms with E-state index in [-0.39, 0.29) is 53.5 Å². The van der Waals surface area contributed by atoms with Gasteiger partial charge in [0.1, 0.15) is 11.4 Å². The van der Waals surface area contributed by atoms with Crippen LogP contribution in [0.4, 0.5) is 26.3 Å². The van der Waals surface area contributed by atoms with Gasteiger partial charge in [0.2, 0.25) is 0 Å². The Kier molecular flexibility index (Phi) is 15.3. The second kappa shape index (κ2) is 17.8. The van der Waals surface area contributed by atoms with Crippen molar-refractivity contribution >= 4 is 0 Å². The topological polar surface area (TPSA) is 134 Å². The van der Waals surface area contributed by atoms with E-state index in [2.05, 4.69) is 50.8 Å². The molecule has 0 saturated carbocycles. The molecular formula is C24H16F6N10Pt2. The van der Waals surface area contributed by atoms with Gasteiger partial charge < -0.3 is 40.8 Å². The second-order valence-corrected chi connectivity index (χ2v) is 7.10. The molecule has 6 aromatic rings. The third-order valence-electron chi connectivity index (χ3n) is 4.26. The van der Waals surface area contributed by atoms with Gasteiger partial charge in [0, 0.05) is 36.2 Å². The minimum absolute atomic E-state index is 0. The summed E-state index contributed by atoms with van der Waals surface area (Å²) in [6.07, 6.45) is 0.606. The molecule has 0 unspecified atom stereocenters.